The lowest BCUT2D eigenvalue weighted by Gasteiger charge is -2.20. The van der Waals surface area contributed by atoms with Gasteiger partial charge in [-0.15, -0.1) is 0 Å². The summed E-state index contributed by atoms with van der Waals surface area (Å²) < 4.78 is 13.5. The zero-order valence-corrected chi connectivity index (χ0v) is 9.30. The van der Waals surface area contributed by atoms with E-state index >= 15 is 0 Å². The average molecular weight is 206 g/mol. The molecule has 0 spiro atoms. The van der Waals surface area contributed by atoms with Crippen LogP contribution < -0.4 is 0 Å². The van der Waals surface area contributed by atoms with Crippen molar-refractivity contribution in [1.29, 1.82) is 0 Å². The van der Waals surface area contributed by atoms with Crippen molar-refractivity contribution in [1.82, 2.24) is 0 Å². The Kier molecular flexibility index (Phi) is 3.08. The monoisotopic (exact) mass is 206 g/mol. The van der Waals surface area contributed by atoms with Crippen LogP contribution in [0.3, 0.4) is 0 Å². The van der Waals surface area contributed by atoms with Gasteiger partial charge in [0.15, 0.2) is 6.29 Å². The van der Waals surface area contributed by atoms with Gasteiger partial charge in [-0.3, -0.25) is 4.79 Å². The first kappa shape index (κ1) is 11.6. The number of aldehydes is 1. The fourth-order valence-electron chi connectivity index (χ4n) is 1.37. The molecule has 0 bridgehead atoms. The molecule has 1 rings (SSSR count). The van der Waals surface area contributed by atoms with E-state index in [-0.39, 0.29) is 11.0 Å². The van der Waals surface area contributed by atoms with Gasteiger partial charge >= 0.3 is 0 Å². The van der Waals surface area contributed by atoms with Gasteiger partial charge in [0, 0.05) is 0 Å². The average Bonchev–Trinajstić information content (AvgIpc) is 2.15. The predicted octanol–water partition coefficient (Wildman–Crippen LogP) is 3.58. The van der Waals surface area contributed by atoms with Crippen LogP contribution in [0.25, 0.3) is 6.08 Å². The number of hydrogen-bond acceptors (Lipinski definition) is 1. The fourth-order valence-corrected chi connectivity index (χ4v) is 1.37. The summed E-state index contributed by atoms with van der Waals surface area (Å²) >= 11 is 0. The molecule has 1 aromatic rings. The Hall–Kier alpha value is -1.44. The van der Waals surface area contributed by atoms with Crippen LogP contribution in [0, 0.1) is 5.82 Å². The first-order valence-corrected chi connectivity index (χ1v) is 4.81. The molecular weight excluding hydrogens is 191 g/mol. The molecule has 15 heavy (non-hydrogen) atoms. The summed E-state index contributed by atoms with van der Waals surface area (Å²) in [4.78, 5) is 10.7. The molecule has 0 heterocycles. The van der Waals surface area contributed by atoms with Crippen molar-refractivity contribution in [3.8, 4) is 0 Å². The van der Waals surface area contributed by atoms with E-state index < -0.39 is 5.82 Å². The second-order valence-corrected chi connectivity index (χ2v) is 4.53. The Morgan fingerprint density at radius 2 is 1.93 bits per heavy atom. The van der Waals surface area contributed by atoms with E-state index in [1.807, 2.05) is 20.8 Å². The van der Waals surface area contributed by atoms with Gasteiger partial charge < -0.3 is 0 Å². The largest absolute Gasteiger partial charge is 0.298 e. The zero-order chi connectivity index (χ0) is 11.6. The molecule has 1 aromatic carbocycles. The minimum absolute atomic E-state index is 0.0815. The van der Waals surface area contributed by atoms with Crippen molar-refractivity contribution in [3.05, 3.63) is 41.2 Å². The van der Waals surface area contributed by atoms with Gasteiger partial charge in [-0.1, -0.05) is 39.5 Å². The normalized spacial score (nSPS) is 11.2. The highest BCUT2D eigenvalue weighted by Gasteiger charge is 2.17. The SMILES string of the molecule is C=Cc1cc(C(C)(C)C)cc(F)c1C=O. The maximum absolute atomic E-state index is 13.5. The van der Waals surface area contributed by atoms with Gasteiger partial charge in [0.2, 0.25) is 0 Å². The first-order chi connectivity index (χ1) is 6.90. The number of carbonyl (C=O) groups is 1. The van der Waals surface area contributed by atoms with Crippen LogP contribution in [0.1, 0.15) is 42.3 Å². The molecule has 0 aliphatic heterocycles. The maximum Gasteiger partial charge on any atom is 0.153 e. The van der Waals surface area contributed by atoms with Gasteiger partial charge in [0.1, 0.15) is 5.82 Å². The van der Waals surface area contributed by atoms with Crippen LogP contribution in [0.15, 0.2) is 18.7 Å². The van der Waals surface area contributed by atoms with Crippen molar-refractivity contribution < 1.29 is 9.18 Å². The molecule has 0 fully saturated rings. The number of benzene rings is 1. The van der Waals surface area contributed by atoms with E-state index in [1.165, 1.54) is 12.1 Å². The number of carbonyl (C=O) groups excluding carboxylic acids is 1. The molecule has 1 nitrogen and oxygen atoms in total. The van der Waals surface area contributed by atoms with Crippen molar-refractivity contribution in [2.45, 2.75) is 26.2 Å². The standard InChI is InChI=1S/C13H15FO/c1-5-9-6-10(13(2,3)4)7-12(14)11(9)8-15/h5-8H,1H2,2-4H3. The zero-order valence-electron chi connectivity index (χ0n) is 9.30. The van der Waals surface area contributed by atoms with Crippen LogP contribution in [0.4, 0.5) is 4.39 Å². The van der Waals surface area contributed by atoms with Crippen LogP contribution in [0.2, 0.25) is 0 Å². The lowest BCUT2D eigenvalue weighted by Crippen LogP contribution is -2.12. The Bertz CT molecular complexity index is 400. The molecule has 0 saturated heterocycles. The number of halogens is 1. The lowest BCUT2D eigenvalue weighted by molar-refractivity contribution is 0.111. The third-order valence-corrected chi connectivity index (χ3v) is 2.37. The van der Waals surface area contributed by atoms with Crippen molar-refractivity contribution in [3.63, 3.8) is 0 Å². The molecule has 0 aliphatic carbocycles. The van der Waals surface area contributed by atoms with Crippen molar-refractivity contribution >= 4 is 12.4 Å². The topological polar surface area (TPSA) is 17.1 Å². The van der Waals surface area contributed by atoms with Crippen molar-refractivity contribution in [2.75, 3.05) is 0 Å². The maximum atomic E-state index is 13.5. The molecule has 80 valence electrons. The summed E-state index contributed by atoms with van der Waals surface area (Å²) in [6, 6.07) is 3.22. The molecule has 0 N–H and O–H groups in total. The minimum Gasteiger partial charge on any atom is -0.298 e. The number of hydrogen-bond donors (Lipinski definition) is 0. The van der Waals surface area contributed by atoms with Crippen LogP contribution in [0.5, 0.6) is 0 Å². The molecule has 2 heteroatoms. The van der Waals surface area contributed by atoms with Gasteiger partial charge in [-0.05, 0) is 22.6 Å². The van der Waals surface area contributed by atoms with E-state index in [0.717, 1.165) is 5.56 Å². The van der Waals surface area contributed by atoms with Crippen LogP contribution in [-0.2, 0) is 5.41 Å². The highest BCUT2D eigenvalue weighted by atomic mass is 19.1. The second kappa shape index (κ2) is 3.97. The van der Waals surface area contributed by atoms with Gasteiger partial charge in [-0.2, -0.15) is 0 Å². The minimum atomic E-state index is -0.479. The Balaban J connectivity index is 3.45. The number of rotatable bonds is 2. The first-order valence-electron chi connectivity index (χ1n) is 4.81. The molecule has 0 aromatic heterocycles. The lowest BCUT2D eigenvalue weighted by atomic mass is 9.85. The van der Waals surface area contributed by atoms with Crippen LogP contribution >= 0.6 is 0 Å². The molecule has 0 amide bonds. The summed E-state index contributed by atoms with van der Waals surface area (Å²) in [6.45, 7) is 9.56. The van der Waals surface area contributed by atoms with E-state index in [4.69, 9.17) is 0 Å². The van der Waals surface area contributed by atoms with E-state index in [0.29, 0.717) is 11.8 Å². The Morgan fingerprint density at radius 1 is 1.33 bits per heavy atom. The highest BCUT2D eigenvalue weighted by Crippen LogP contribution is 2.26. The Labute approximate surface area is 89.6 Å². The quantitative estimate of drug-likeness (QED) is 0.676. The molecule has 0 atom stereocenters. The van der Waals surface area contributed by atoms with Gasteiger partial charge in [-0.25, -0.2) is 4.39 Å². The summed E-state index contributed by atoms with van der Waals surface area (Å²) in [6.07, 6.45) is 2.03. The smallest absolute Gasteiger partial charge is 0.153 e. The summed E-state index contributed by atoms with van der Waals surface area (Å²) in [5.41, 5.74) is 1.36. The van der Waals surface area contributed by atoms with Crippen LogP contribution in [-0.4, -0.2) is 6.29 Å². The van der Waals surface area contributed by atoms with Crippen molar-refractivity contribution in [2.24, 2.45) is 0 Å². The van der Waals surface area contributed by atoms with Gasteiger partial charge in [0.05, 0.1) is 5.56 Å². The molecule has 0 saturated carbocycles. The fraction of sp³-hybridized carbons (Fsp3) is 0.308. The molecule has 0 aliphatic rings. The second-order valence-electron chi connectivity index (χ2n) is 4.53. The highest BCUT2D eigenvalue weighted by molar-refractivity contribution is 5.82. The molecular formula is C13H15FO. The van der Waals surface area contributed by atoms with E-state index in [2.05, 4.69) is 6.58 Å². The Morgan fingerprint density at radius 3 is 2.33 bits per heavy atom. The van der Waals surface area contributed by atoms with E-state index in [9.17, 15) is 9.18 Å². The third kappa shape index (κ3) is 2.32. The summed E-state index contributed by atoms with van der Waals surface area (Å²) in [5.74, 6) is -0.479. The summed E-state index contributed by atoms with van der Waals surface area (Å²) in [7, 11) is 0. The molecule has 0 unspecified atom stereocenters. The third-order valence-electron chi connectivity index (χ3n) is 2.37. The van der Waals surface area contributed by atoms with Gasteiger partial charge in [0.25, 0.3) is 0 Å². The summed E-state index contributed by atoms with van der Waals surface area (Å²) in [5, 5.41) is 0. The van der Waals surface area contributed by atoms with E-state index in [1.54, 1.807) is 6.07 Å². The molecule has 0 radical (unpaired) electrons. The predicted molar refractivity (Wildman–Crippen MR) is 60.6 cm³/mol.